The minimum Gasteiger partial charge on any atom is -0.361 e. The third-order valence-corrected chi connectivity index (χ3v) is 3.68. The van der Waals surface area contributed by atoms with Crippen molar-refractivity contribution in [2.24, 2.45) is 0 Å². The summed E-state index contributed by atoms with van der Waals surface area (Å²) in [5, 5.41) is 1.26. The van der Waals surface area contributed by atoms with Gasteiger partial charge in [-0.05, 0) is 30.5 Å². The van der Waals surface area contributed by atoms with Crippen LogP contribution < -0.4 is 0 Å². The first-order valence-electron chi connectivity index (χ1n) is 5.00. The molecule has 1 aromatic carbocycles. The summed E-state index contributed by atoms with van der Waals surface area (Å²) in [5.41, 5.74) is 2.46. The van der Waals surface area contributed by atoms with E-state index in [0.717, 1.165) is 22.8 Å². The summed E-state index contributed by atoms with van der Waals surface area (Å²) in [6.45, 7) is 0. The first-order valence-corrected chi connectivity index (χ1v) is 5.79. The molecule has 0 radical (unpaired) electrons. The van der Waals surface area contributed by atoms with Gasteiger partial charge in [-0.2, -0.15) is 0 Å². The van der Waals surface area contributed by atoms with E-state index in [1.807, 2.05) is 0 Å². The second kappa shape index (κ2) is 2.90. The van der Waals surface area contributed by atoms with Crippen molar-refractivity contribution in [3.8, 4) is 12.3 Å². The third kappa shape index (κ3) is 1.23. The fourth-order valence-corrected chi connectivity index (χ4v) is 2.47. The number of H-pyrrole nitrogens is 1. The molecule has 1 aliphatic carbocycles. The zero-order valence-corrected chi connectivity index (χ0v) is 9.76. The van der Waals surface area contributed by atoms with E-state index in [1.165, 1.54) is 10.9 Å². The molecule has 0 bridgehead atoms. The van der Waals surface area contributed by atoms with Gasteiger partial charge >= 0.3 is 0 Å². The van der Waals surface area contributed by atoms with E-state index in [-0.39, 0.29) is 5.41 Å². The zero-order chi connectivity index (χ0) is 10.5. The standard InChI is InChI=1S/C13H10BrN/c1-2-13(5-6-13)11-8-15-12-7-9(14)3-4-10(11)12/h1,3-4,7-8,15H,5-6H2. The molecule has 0 aliphatic heterocycles. The Morgan fingerprint density at radius 2 is 2.20 bits per heavy atom. The van der Waals surface area contributed by atoms with Crippen molar-refractivity contribution < 1.29 is 0 Å². The molecule has 0 atom stereocenters. The molecular formula is C13H10BrN. The van der Waals surface area contributed by atoms with Crippen molar-refractivity contribution in [1.29, 1.82) is 0 Å². The number of rotatable bonds is 1. The molecule has 2 heteroatoms. The number of terminal acetylenes is 1. The minimum atomic E-state index is 0.0199. The molecule has 0 amide bonds. The highest BCUT2D eigenvalue weighted by atomic mass is 79.9. The summed E-state index contributed by atoms with van der Waals surface area (Å²) in [4.78, 5) is 3.28. The minimum absolute atomic E-state index is 0.0199. The highest BCUT2D eigenvalue weighted by molar-refractivity contribution is 9.10. The molecule has 0 saturated heterocycles. The lowest BCUT2D eigenvalue weighted by molar-refractivity contribution is 0.942. The monoisotopic (exact) mass is 259 g/mol. The normalized spacial score (nSPS) is 17.6. The molecule has 1 aromatic heterocycles. The summed E-state index contributed by atoms with van der Waals surface area (Å²) >= 11 is 3.46. The van der Waals surface area contributed by atoms with Gasteiger partial charge < -0.3 is 4.98 Å². The van der Waals surface area contributed by atoms with Crippen molar-refractivity contribution in [2.45, 2.75) is 18.3 Å². The zero-order valence-electron chi connectivity index (χ0n) is 8.18. The lowest BCUT2D eigenvalue weighted by atomic mass is 9.97. The number of hydrogen-bond acceptors (Lipinski definition) is 0. The number of nitrogens with one attached hydrogen (secondary N) is 1. The molecular weight excluding hydrogens is 250 g/mol. The van der Waals surface area contributed by atoms with Crippen LogP contribution in [0.3, 0.4) is 0 Å². The van der Waals surface area contributed by atoms with Crippen LogP contribution in [0.5, 0.6) is 0 Å². The van der Waals surface area contributed by atoms with Gasteiger partial charge in [0.2, 0.25) is 0 Å². The van der Waals surface area contributed by atoms with Crippen LogP contribution in [0.15, 0.2) is 28.9 Å². The van der Waals surface area contributed by atoms with Gasteiger partial charge in [0.25, 0.3) is 0 Å². The molecule has 2 aromatic rings. The van der Waals surface area contributed by atoms with Gasteiger partial charge in [0.1, 0.15) is 0 Å². The molecule has 1 heterocycles. The van der Waals surface area contributed by atoms with E-state index < -0.39 is 0 Å². The Morgan fingerprint density at radius 3 is 2.87 bits per heavy atom. The molecule has 1 aliphatic rings. The maximum Gasteiger partial charge on any atom is 0.0582 e. The number of hydrogen-bond donors (Lipinski definition) is 1. The Kier molecular flexibility index (Phi) is 1.75. The Hall–Kier alpha value is -1.20. The van der Waals surface area contributed by atoms with Crippen LogP contribution in [0.1, 0.15) is 18.4 Å². The molecule has 1 fully saturated rings. The SMILES string of the molecule is C#CC1(c2c[nH]c3cc(Br)ccc23)CC1. The van der Waals surface area contributed by atoms with Gasteiger partial charge in [-0.15, -0.1) is 6.42 Å². The highest BCUT2D eigenvalue weighted by Gasteiger charge is 2.44. The second-order valence-corrected chi connectivity index (χ2v) is 5.03. The van der Waals surface area contributed by atoms with Crippen LogP contribution in [0.25, 0.3) is 10.9 Å². The number of aromatic amines is 1. The molecule has 1 saturated carbocycles. The summed E-state index contributed by atoms with van der Waals surface area (Å²) in [6, 6.07) is 6.28. The smallest absolute Gasteiger partial charge is 0.0582 e. The Morgan fingerprint density at radius 1 is 1.40 bits per heavy atom. The lowest BCUT2D eigenvalue weighted by Crippen LogP contribution is -2.00. The molecule has 3 rings (SSSR count). The van der Waals surface area contributed by atoms with Gasteiger partial charge in [-0.25, -0.2) is 0 Å². The van der Waals surface area contributed by atoms with E-state index in [2.05, 4.69) is 51.2 Å². The van der Waals surface area contributed by atoms with Gasteiger partial charge in [0.15, 0.2) is 0 Å². The topological polar surface area (TPSA) is 15.8 Å². The average Bonchev–Trinajstić information content (AvgIpc) is 2.93. The van der Waals surface area contributed by atoms with Crippen LogP contribution in [-0.4, -0.2) is 4.98 Å². The molecule has 15 heavy (non-hydrogen) atoms. The summed E-state index contributed by atoms with van der Waals surface area (Å²) < 4.78 is 1.09. The van der Waals surface area contributed by atoms with Crippen LogP contribution in [-0.2, 0) is 5.41 Å². The number of aromatic nitrogens is 1. The molecule has 0 unspecified atom stereocenters. The van der Waals surface area contributed by atoms with Crippen LogP contribution >= 0.6 is 15.9 Å². The summed E-state index contributed by atoms with van der Waals surface area (Å²) in [5.74, 6) is 2.93. The van der Waals surface area contributed by atoms with Crippen LogP contribution in [0, 0.1) is 12.3 Å². The Bertz CT molecular complexity index is 570. The number of halogens is 1. The quantitative estimate of drug-likeness (QED) is 0.754. The van der Waals surface area contributed by atoms with E-state index in [0.29, 0.717) is 0 Å². The van der Waals surface area contributed by atoms with Crippen molar-refractivity contribution in [3.05, 3.63) is 34.4 Å². The maximum atomic E-state index is 5.61. The third-order valence-electron chi connectivity index (χ3n) is 3.19. The lowest BCUT2D eigenvalue weighted by Gasteiger charge is -2.05. The number of benzene rings is 1. The van der Waals surface area contributed by atoms with Crippen LogP contribution in [0.4, 0.5) is 0 Å². The van der Waals surface area contributed by atoms with Gasteiger partial charge in [0.05, 0.1) is 5.41 Å². The first kappa shape index (κ1) is 9.06. The van der Waals surface area contributed by atoms with Gasteiger partial charge in [-0.3, -0.25) is 0 Å². The molecule has 1 nitrogen and oxygen atoms in total. The van der Waals surface area contributed by atoms with E-state index in [9.17, 15) is 0 Å². The van der Waals surface area contributed by atoms with Gasteiger partial charge in [0, 0.05) is 21.6 Å². The summed E-state index contributed by atoms with van der Waals surface area (Å²) in [7, 11) is 0. The fourth-order valence-electron chi connectivity index (χ4n) is 2.11. The van der Waals surface area contributed by atoms with E-state index >= 15 is 0 Å². The Balaban J connectivity index is 2.26. The number of fused-ring (bicyclic) bond motifs is 1. The maximum absolute atomic E-state index is 5.61. The Labute approximate surface area is 97.0 Å². The van der Waals surface area contributed by atoms with Crippen LogP contribution in [0.2, 0.25) is 0 Å². The van der Waals surface area contributed by atoms with Crippen molar-refractivity contribution in [3.63, 3.8) is 0 Å². The predicted octanol–water partition coefficient (Wildman–Crippen LogP) is 3.60. The summed E-state index contributed by atoms with van der Waals surface area (Å²) in [6.07, 6.45) is 9.90. The molecule has 74 valence electrons. The largest absolute Gasteiger partial charge is 0.361 e. The highest BCUT2D eigenvalue weighted by Crippen LogP contribution is 2.49. The van der Waals surface area contributed by atoms with Gasteiger partial charge in [-0.1, -0.05) is 27.9 Å². The predicted molar refractivity (Wildman–Crippen MR) is 65.7 cm³/mol. The second-order valence-electron chi connectivity index (χ2n) is 4.12. The fraction of sp³-hybridized carbons (Fsp3) is 0.231. The average molecular weight is 260 g/mol. The molecule has 1 N–H and O–H groups in total. The van der Waals surface area contributed by atoms with Crippen molar-refractivity contribution in [2.75, 3.05) is 0 Å². The molecule has 0 spiro atoms. The van der Waals surface area contributed by atoms with E-state index in [1.54, 1.807) is 0 Å². The van der Waals surface area contributed by atoms with Crippen molar-refractivity contribution >= 4 is 26.8 Å². The van der Waals surface area contributed by atoms with Crippen molar-refractivity contribution in [1.82, 2.24) is 4.98 Å². The van der Waals surface area contributed by atoms with E-state index in [4.69, 9.17) is 6.42 Å². The first-order chi connectivity index (χ1) is 7.25.